The Labute approximate surface area is 94.4 Å². The Bertz CT molecular complexity index is 509. The van der Waals surface area contributed by atoms with E-state index < -0.39 is 5.97 Å². The molecule has 2 aromatic rings. The minimum Gasteiger partial charge on any atom is -0.476 e. The van der Waals surface area contributed by atoms with E-state index in [0.717, 1.165) is 0 Å². The quantitative estimate of drug-likeness (QED) is 0.823. The lowest BCUT2D eigenvalue weighted by molar-refractivity contribution is 0.0689. The zero-order valence-electron chi connectivity index (χ0n) is 8.21. The van der Waals surface area contributed by atoms with E-state index in [4.69, 9.17) is 5.11 Å². The molecule has 8 heteroatoms. The van der Waals surface area contributed by atoms with Gasteiger partial charge >= 0.3 is 5.97 Å². The van der Waals surface area contributed by atoms with Gasteiger partial charge in [-0.3, -0.25) is 0 Å². The number of aromatic nitrogens is 4. The first-order chi connectivity index (χ1) is 7.65. The third-order valence-corrected chi connectivity index (χ3v) is 2.37. The van der Waals surface area contributed by atoms with Crippen molar-refractivity contribution < 1.29 is 9.90 Å². The highest BCUT2D eigenvalue weighted by molar-refractivity contribution is 7.09. The summed E-state index contributed by atoms with van der Waals surface area (Å²) in [5.74, 6) is -0.00502. The number of aromatic carboxylic acids is 1. The van der Waals surface area contributed by atoms with Crippen LogP contribution in [-0.2, 0) is 0 Å². The van der Waals surface area contributed by atoms with E-state index in [1.54, 1.807) is 6.92 Å². The van der Waals surface area contributed by atoms with Crippen LogP contribution in [0.2, 0.25) is 0 Å². The predicted octanol–water partition coefficient (Wildman–Crippen LogP) is 1.08. The molecule has 0 spiro atoms. The van der Waals surface area contributed by atoms with E-state index in [0.29, 0.717) is 16.8 Å². The van der Waals surface area contributed by atoms with Crippen LogP contribution in [0.5, 0.6) is 0 Å². The Hall–Kier alpha value is -2.09. The largest absolute Gasteiger partial charge is 0.476 e. The van der Waals surface area contributed by atoms with Gasteiger partial charge in [0.15, 0.2) is 11.5 Å². The standard InChI is InChI=1S/C8H7N5O2S/c1-4-9-8(16-13-4)10-6-3-2-5(7(14)15)11-12-6/h2-3H,1H3,(H,14,15)(H,9,10,12,13). The number of nitrogens with one attached hydrogen (secondary N) is 1. The van der Waals surface area contributed by atoms with Gasteiger partial charge in [0.05, 0.1) is 0 Å². The highest BCUT2D eigenvalue weighted by atomic mass is 32.1. The summed E-state index contributed by atoms with van der Waals surface area (Å²) in [5.41, 5.74) is -0.0982. The van der Waals surface area contributed by atoms with Crippen LogP contribution in [0, 0.1) is 6.92 Å². The van der Waals surface area contributed by atoms with Gasteiger partial charge in [-0.25, -0.2) is 9.78 Å². The smallest absolute Gasteiger partial charge is 0.356 e. The minimum absolute atomic E-state index is 0.0982. The second-order valence-electron chi connectivity index (χ2n) is 2.88. The molecule has 0 saturated heterocycles. The lowest BCUT2D eigenvalue weighted by atomic mass is 10.4. The summed E-state index contributed by atoms with van der Waals surface area (Å²) in [5, 5.41) is 19.3. The summed E-state index contributed by atoms with van der Waals surface area (Å²) < 4.78 is 3.98. The average Bonchev–Trinajstić information content (AvgIpc) is 2.65. The fraction of sp³-hybridized carbons (Fsp3) is 0.125. The summed E-state index contributed by atoms with van der Waals surface area (Å²) in [7, 11) is 0. The maximum atomic E-state index is 10.5. The molecule has 0 aliphatic heterocycles. The van der Waals surface area contributed by atoms with Crippen LogP contribution >= 0.6 is 11.5 Å². The zero-order chi connectivity index (χ0) is 11.5. The van der Waals surface area contributed by atoms with Crippen molar-refractivity contribution in [1.29, 1.82) is 0 Å². The van der Waals surface area contributed by atoms with Crippen LogP contribution in [-0.4, -0.2) is 30.6 Å². The number of carbonyl (C=O) groups is 1. The Balaban J connectivity index is 2.14. The molecule has 16 heavy (non-hydrogen) atoms. The highest BCUT2D eigenvalue weighted by Gasteiger charge is 2.06. The molecule has 2 N–H and O–H groups in total. The average molecular weight is 237 g/mol. The second kappa shape index (κ2) is 4.19. The van der Waals surface area contributed by atoms with E-state index >= 15 is 0 Å². The molecule has 0 aliphatic rings. The molecule has 82 valence electrons. The third kappa shape index (κ3) is 2.28. The highest BCUT2D eigenvalue weighted by Crippen LogP contribution is 2.15. The Morgan fingerprint density at radius 3 is 2.75 bits per heavy atom. The summed E-state index contributed by atoms with van der Waals surface area (Å²) in [6.45, 7) is 1.78. The van der Waals surface area contributed by atoms with Gasteiger partial charge in [-0.15, -0.1) is 10.2 Å². The van der Waals surface area contributed by atoms with E-state index in [9.17, 15) is 4.79 Å². The van der Waals surface area contributed by atoms with Crippen LogP contribution < -0.4 is 5.32 Å². The lowest BCUT2D eigenvalue weighted by Crippen LogP contribution is -2.03. The van der Waals surface area contributed by atoms with Gasteiger partial charge in [0.2, 0.25) is 5.13 Å². The van der Waals surface area contributed by atoms with Crippen LogP contribution in [0.25, 0.3) is 0 Å². The molecule has 2 heterocycles. The van der Waals surface area contributed by atoms with Gasteiger partial charge in [-0.05, 0) is 19.1 Å². The normalized spacial score (nSPS) is 10.1. The van der Waals surface area contributed by atoms with Crippen molar-refractivity contribution >= 4 is 28.5 Å². The molecule has 0 unspecified atom stereocenters. The molecule has 0 atom stereocenters. The summed E-state index contributed by atoms with van der Waals surface area (Å²) >= 11 is 1.20. The molecule has 0 bridgehead atoms. The van der Waals surface area contributed by atoms with Crippen molar-refractivity contribution in [1.82, 2.24) is 19.6 Å². The lowest BCUT2D eigenvalue weighted by Gasteiger charge is -1.99. The van der Waals surface area contributed by atoms with Gasteiger partial charge < -0.3 is 10.4 Å². The molecular weight excluding hydrogens is 230 g/mol. The summed E-state index contributed by atoms with van der Waals surface area (Å²) in [4.78, 5) is 14.6. The van der Waals surface area contributed by atoms with Crippen molar-refractivity contribution in [2.24, 2.45) is 0 Å². The molecular formula is C8H7N5O2S. The zero-order valence-corrected chi connectivity index (χ0v) is 9.02. The molecule has 0 aromatic carbocycles. The maximum absolute atomic E-state index is 10.5. The fourth-order valence-electron chi connectivity index (χ4n) is 0.970. The van der Waals surface area contributed by atoms with E-state index in [-0.39, 0.29) is 5.69 Å². The van der Waals surface area contributed by atoms with Gasteiger partial charge in [0.1, 0.15) is 5.82 Å². The Morgan fingerprint density at radius 2 is 2.25 bits per heavy atom. The van der Waals surface area contributed by atoms with E-state index in [1.165, 1.54) is 23.7 Å². The molecule has 0 fully saturated rings. The topological polar surface area (TPSA) is 101 Å². The van der Waals surface area contributed by atoms with Gasteiger partial charge in [-0.2, -0.15) is 4.37 Å². The molecule has 7 nitrogen and oxygen atoms in total. The first-order valence-corrected chi connectivity index (χ1v) is 5.07. The number of carboxylic acids is 1. The maximum Gasteiger partial charge on any atom is 0.356 e. The molecule has 0 aliphatic carbocycles. The van der Waals surface area contributed by atoms with E-state index in [1.807, 2.05) is 0 Å². The third-order valence-electron chi connectivity index (χ3n) is 1.65. The number of aryl methyl sites for hydroxylation is 1. The monoisotopic (exact) mass is 237 g/mol. The second-order valence-corrected chi connectivity index (χ2v) is 3.63. The molecule has 0 amide bonds. The number of anilines is 2. The molecule has 0 radical (unpaired) electrons. The number of rotatable bonds is 3. The van der Waals surface area contributed by atoms with Crippen molar-refractivity contribution in [3.63, 3.8) is 0 Å². The SMILES string of the molecule is Cc1nsc(Nc2ccc(C(=O)O)nn2)n1. The molecule has 0 saturated carbocycles. The van der Waals surface area contributed by atoms with Crippen molar-refractivity contribution in [2.75, 3.05) is 5.32 Å². The van der Waals surface area contributed by atoms with Gasteiger partial charge in [0.25, 0.3) is 0 Å². The first-order valence-electron chi connectivity index (χ1n) is 4.29. The number of hydrogen-bond donors (Lipinski definition) is 2. The molecule has 2 rings (SSSR count). The van der Waals surface area contributed by atoms with Crippen molar-refractivity contribution in [2.45, 2.75) is 6.92 Å². The van der Waals surface area contributed by atoms with Crippen molar-refractivity contribution in [3.8, 4) is 0 Å². The number of carboxylic acid groups (broad SMARTS) is 1. The summed E-state index contributed by atoms with van der Waals surface area (Å²) in [6, 6.07) is 2.89. The van der Waals surface area contributed by atoms with Gasteiger partial charge in [0, 0.05) is 11.5 Å². The Kier molecular flexibility index (Phi) is 2.73. The van der Waals surface area contributed by atoms with Crippen LogP contribution in [0.3, 0.4) is 0 Å². The predicted molar refractivity (Wildman–Crippen MR) is 56.9 cm³/mol. The van der Waals surface area contributed by atoms with Gasteiger partial charge in [-0.1, -0.05) is 0 Å². The molecule has 2 aromatic heterocycles. The number of hydrogen-bond acceptors (Lipinski definition) is 7. The number of nitrogens with zero attached hydrogens (tertiary/aromatic N) is 4. The summed E-state index contributed by atoms with van der Waals surface area (Å²) in [6.07, 6.45) is 0. The fourth-order valence-corrected chi connectivity index (χ4v) is 1.55. The van der Waals surface area contributed by atoms with Crippen LogP contribution in [0.15, 0.2) is 12.1 Å². The van der Waals surface area contributed by atoms with Crippen molar-refractivity contribution in [3.05, 3.63) is 23.7 Å². The van der Waals surface area contributed by atoms with E-state index in [2.05, 4.69) is 24.9 Å². The Morgan fingerprint density at radius 1 is 1.44 bits per heavy atom. The van der Waals surface area contributed by atoms with Crippen LogP contribution in [0.4, 0.5) is 10.9 Å². The minimum atomic E-state index is -1.11. The van der Waals surface area contributed by atoms with Crippen LogP contribution in [0.1, 0.15) is 16.3 Å². The first kappa shape index (κ1) is 10.4.